The van der Waals surface area contributed by atoms with E-state index in [-0.39, 0.29) is 19.4 Å². The molecule has 3 rings (SSSR count). The smallest absolute Gasteiger partial charge is 0.417 e. The van der Waals surface area contributed by atoms with Gasteiger partial charge in [0.2, 0.25) is 10.0 Å². The Kier molecular flexibility index (Phi) is 5.93. The number of aliphatic carboxylic acids is 1. The molecule has 2 unspecified atom stereocenters. The average molecular weight is 448 g/mol. The minimum atomic E-state index is -4.85. The molecule has 1 saturated heterocycles. The van der Waals surface area contributed by atoms with Gasteiger partial charge in [0.25, 0.3) is 0 Å². The molecule has 2 atom stereocenters. The van der Waals surface area contributed by atoms with E-state index < -0.39 is 44.6 Å². The van der Waals surface area contributed by atoms with Gasteiger partial charge < -0.3 is 5.11 Å². The van der Waals surface area contributed by atoms with Gasteiger partial charge in [-0.15, -0.1) is 0 Å². The van der Waals surface area contributed by atoms with Crippen molar-refractivity contribution in [3.05, 3.63) is 64.7 Å². The number of carboxylic acids is 1. The summed E-state index contributed by atoms with van der Waals surface area (Å²) in [5.74, 6) is -1.90. The number of carboxylic acid groups (broad SMARTS) is 1. The minimum absolute atomic E-state index is 0.000185. The van der Waals surface area contributed by atoms with Gasteiger partial charge >= 0.3 is 12.1 Å². The highest BCUT2D eigenvalue weighted by molar-refractivity contribution is 7.89. The van der Waals surface area contributed by atoms with Crippen molar-refractivity contribution in [2.24, 2.45) is 5.92 Å². The van der Waals surface area contributed by atoms with Crippen molar-refractivity contribution < 1.29 is 31.5 Å². The Hall–Kier alpha value is -2.10. The highest BCUT2D eigenvalue weighted by atomic mass is 35.5. The molecule has 0 aliphatic carbocycles. The first-order chi connectivity index (χ1) is 13.5. The molecule has 2 aromatic carbocycles. The fourth-order valence-corrected chi connectivity index (χ4v) is 5.58. The van der Waals surface area contributed by atoms with Crippen LogP contribution < -0.4 is 0 Å². The van der Waals surface area contributed by atoms with E-state index in [1.54, 1.807) is 18.2 Å². The molecule has 0 amide bonds. The Morgan fingerprint density at radius 1 is 1.14 bits per heavy atom. The molecule has 29 heavy (non-hydrogen) atoms. The predicted molar refractivity (Wildman–Crippen MR) is 99.9 cm³/mol. The minimum Gasteiger partial charge on any atom is -0.481 e. The SMILES string of the molecule is O=C(O)C1CCN(S(=O)(=O)c2ccccc2C(F)(F)F)C(c2cccc(Cl)c2)C1. The summed E-state index contributed by atoms with van der Waals surface area (Å²) in [5.41, 5.74) is -0.832. The van der Waals surface area contributed by atoms with Crippen LogP contribution in [0.5, 0.6) is 0 Å². The third-order valence-electron chi connectivity index (χ3n) is 4.92. The Labute approximate surface area is 170 Å². The lowest BCUT2D eigenvalue weighted by Gasteiger charge is -2.38. The van der Waals surface area contributed by atoms with Crippen LogP contribution in [0.2, 0.25) is 5.02 Å². The van der Waals surface area contributed by atoms with Gasteiger partial charge in [0.15, 0.2) is 0 Å². The topological polar surface area (TPSA) is 74.7 Å². The summed E-state index contributed by atoms with van der Waals surface area (Å²) >= 11 is 5.99. The molecule has 0 aromatic heterocycles. The normalized spacial score (nSPS) is 21.1. The molecule has 1 N–H and O–H groups in total. The second-order valence-electron chi connectivity index (χ2n) is 6.74. The number of piperidine rings is 1. The first-order valence-electron chi connectivity index (χ1n) is 8.68. The fourth-order valence-electron chi connectivity index (χ4n) is 3.52. The van der Waals surface area contributed by atoms with Crippen LogP contribution in [0.4, 0.5) is 13.2 Å². The third-order valence-corrected chi connectivity index (χ3v) is 7.12. The number of nitrogens with zero attached hydrogens (tertiary/aromatic N) is 1. The van der Waals surface area contributed by atoms with Crippen LogP contribution in [-0.4, -0.2) is 30.3 Å². The first-order valence-corrected chi connectivity index (χ1v) is 10.5. The van der Waals surface area contributed by atoms with Crippen LogP contribution in [0, 0.1) is 5.92 Å². The highest BCUT2D eigenvalue weighted by Crippen LogP contribution is 2.41. The van der Waals surface area contributed by atoms with Crippen LogP contribution in [0.25, 0.3) is 0 Å². The lowest BCUT2D eigenvalue weighted by atomic mass is 9.89. The van der Waals surface area contributed by atoms with E-state index in [1.807, 2.05) is 0 Å². The zero-order chi connectivity index (χ0) is 21.4. The molecule has 1 heterocycles. The predicted octanol–water partition coefficient (Wildman–Crippen LogP) is 4.59. The van der Waals surface area contributed by atoms with E-state index in [0.29, 0.717) is 16.7 Å². The third kappa shape index (κ3) is 4.41. The van der Waals surface area contributed by atoms with Crippen molar-refractivity contribution in [1.29, 1.82) is 0 Å². The quantitative estimate of drug-likeness (QED) is 0.744. The van der Waals surface area contributed by atoms with E-state index in [4.69, 9.17) is 11.6 Å². The van der Waals surface area contributed by atoms with Gasteiger partial charge in [-0.05, 0) is 42.7 Å². The lowest BCUT2D eigenvalue weighted by Crippen LogP contribution is -2.43. The summed E-state index contributed by atoms with van der Waals surface area (Å²) in [6, 6.07) is 9.24. The van der Waals surface area contributed by atoms with E-state index in [2.05, 4.69) is 0 Å². The molecular weight excluding hydrogens is 431 g/mol. The number of hydrogen-bond donors (Lipinski definition) is 1. The maximum absolute atomic E-state index is 13.4. The van der Waals surface area contributed by atoms with Gasteiger partial charge in [0, 0.05) is 11.6 Å². The number of alkyl halides is 3. The molecule has 1 fully saturated rings. The monoisotopic (exact) mass is 447 g/mol. The second-order valence-corrected chi connectivity index (χ2v) is 9.04. The van der Waals surface area contributed by atoms with Gasteiger partial charge in [-0.1, -0.05) is 35.9 Å². The Morgan fingerprint density at radius 3 is 2.45 bits per heavy atom. The van der Waals surface area contributed by atoms with Crippen molar-refractivity contribution in [3.63, 3.8) is 0 Å². The number of halogens is 4. The standard InChI is InChI=1S/C19H17ClF3NO4S/c20-14-5-3-4-12(10-14)16-11-13(18(25)26)8-9-24(16)29(27,28)17-7-2-1-6-15(17)19(21,22)23/h1-7,10,13,16H,8-9,11H2,(H,25,26). The number of benzene rings is 2. The summed E-state index contributed by atoms with van der Waals surface area (Å²) in [7, 11) is -4.56. The molecule has 1 aliphatic rings. The van der Waals surface area contributed by atoms with Crippen LogP contribution in [0.3, 0.4) is 0 Å². The van der Waals surface area contributed by atoms with Gasteiger partial charge in [-0.25, -0.2) is 8.42 Å². The number of sulfonamides is 1. The largest absolute Gasteiger partial charge is 0.481 e. The van der Waals surface area contributed by atoms with E-state index in [0.717, 1.165) is 16.4 Å². The van der Waals surface area contributed by atoms with Gasteiger partial charge in [0.05, 0.1) is 22.4 Å². The molecule has 0 bridgehead atoms. The highest BCUT2D eigenvalue weighted by Gasteiger charge is 2.43. The molecule has 156 valence electrons. The summed E-state index contributed by atoms with van der Waals surface area (Å²) in [6.07, 6.45) is -4.92. The molecule has 1 aliphatic heterocycles. The summed E-state index contributed by atoms with van der Waals surface area (Å²) < 4.78 is 67.7. The van der Waals surface area contributed by atoms with Crippen LogP contribution in [-0.2, 0) is 21.0 Å². The Bertz CT molecular complexity index is 1030. The number of rotatable bonds is 4. The molecule has 10 heteroatoms. The summed E-state index contributed by atoms with van der Waals surface area (Å²) in [5, 5.41) is 9.68. The average Bonchev–Trinajstić information content (AvgIpc) is 2.66. The van der Waals surface area contributed by atoms with Gasteiger partial charge in [-0.3, -0.25) is 4.79 Å². The molecule has 0 radical (unpaired) electrons. The number of hydrogen-bond acceptors (Lipinski definition) is 3. The fraction of sp³-hybridized carbons (Fsp3) is 0.316. The number of carbonyl (C=O) groups is 1. The Morgan fingerprint density at radius 2 is 1.83 bits per heavy atom. The maximum atomic E-state index is 13.4. The lowest BCUT2D eigenvalue weighted by molar-refractivity contribution is -0.143. The maximum Gasteiger partial charge on any atom is 0.417 e. The van der Waals surface area contributed by atoms with E-state index in [1.165, 1.54) is 12.1 Å². The van der Waals surface area contributed by atoms with E-state index in [9.17, 15) is 31.5 Å². The van der Waals surface area contributed by atoms with Crippen LogP contribution in [0.1, 0.15) is 30.0 Å². The molecule has 5 nitrogen and oxygen atoms in total. The van der Waals surface area contributed by atoms with Crippen molar-refractivity contribution >= 4 is 27.6 Å². The molecule has 0 saturated carbocycles. The first kappa shape index (κ1) is 21.6. The Balaban J connectivity index is 2.11. The van der Waals surface area contributed by atoms with Crippen molar-refractivity contribution in [2.75, 3.05) is 6.54 Å². The summed E-state index contributed by atoms with van der Waals surface area (Å²) in [6.45, 7) is -0.220. The zero-order valence-corrected chi connectivity index (χ0v) is 16.5. The van der Waals surface area contributed by atoms with Gasteiger partial charge in [-0.2, -0.15) is 17.5 Å². The van der Waals surface area contributed by atoms with Crippen molar-refractivity contribution in [3.8, 4) is 0 Å². The van der Waals surface area contributed by atoms with Crippen molar-refractivity contribution in [1.82, 2.24) is 4.31 Å². The van der Waals surface area contributed by atoms with Crippen LogP contribution >= 0.6 is 11.6 Å². The molecule has 0 spiro atoms. The summed E-state index contributed by atoms with van der Waals surface area (Å²) in [4.78, 5) is 10.6. The van der Waals surface area contributed by atoms with Gasteiger partial charge in [0.1, 0.15) is 0 Å². The second kappa shape index (κ2) is 7.97. The van der Waals surface area contributed by atoms with E-state index >= 15 is 0 Å². The molecule has 2 aromatic rings. The van der Waals surface area contributed by atoms with Crippen LogP contribution in [0.15, 0.2) is 53.4 Å². The van der Waals surface area contributed by atoms with Crippen molar-refractivity contribution in [2.45, 2.75) is 30.0 Å². The molecular formula is C19H17ClF3NO4S. The zero-order valence-electron chi connectivity index (χ0n) is 14.9.